The lowest BCUT2D eigenvalue weighted by Gasteiger charge is -2.15. The SMILES string of the molecule is COc1ccc(Br)cc1[C@H](C)N[SiH]=O. The molecule has 1 atom stereocenters. The maximum atomic E-state index is 10.5. The third kappa shape index (κ3) is 2.65. The van der Waals surface area contributed by atoms with Gasteiger partial charge < -0.3 is 14.2 Å². The Morgan fingerprint density at radius 2 is 2.29 bits per heavy atom. The van der Waals surface area contributed by atoms with Gasteiger partial charge in [-0.05, 0) is 25.1 Å². The zero-order valence-corrected chi connectivity index (χ0v) is 10.8. The van der Waals surface area contributed by atoms with Crippen LogP contribution in [-0.4, -0.2) is 16.7 Å². The Hall–Kier alpha value is -0.683. The van der Waals surface area contributed by atoms with Crippen LogP contribution in [0.4, 0.5) is 0 Å². The molecule has 14 heavy (non-hydrogen) atoms. The standard InChI is InChI=1S/C9H12BrNO2Si/c1-6(11-14-12)8-5-7(10)3-4-9(8)13-2/h3-6,11,14H,1-2H3/t6-/m0/s1. The Kier molecular flexibility index (Phi) is 4.28. The molecular formula is C9H12BrNO2Si. The number of halogens is 1. The van der Waals surface area contributed by atoms with Crippen molar-refractivity contribution in [1.29, 1.82) is 0 Å². The van der Waals surface area contributed by atoms with E-state index in [4.69, 9.17) is 4.74 Å². The van der Waals surface area contributed by atoms with E-state index in [2.05, 4.69) is 20.9 Å². The summed E-state index contributed by atoms with van der Waals surface area (Å²) in [6.45, 7) is 1.95. The van der Waals surface area contributed by atoms with Crippen LogP contribution >= 0.6 is 15.9 Å². The van der Waals surface area contributed by atoms with Crippen LogP contribution in [0.25, 0.3) is 0 Å². The summed E-state index contributed by atoms with van der Waals surface area (Å²) in [5.74, 6) is 0.807. The normalized spacial score (nSPS) is 11.9. The number of benzene rings is 1. The summed E-state index contributed by atoms with van der Waals surface area (Å²) in [6.07, 6.45) is 0. The zero-order chi connectivity index (χ0) is 10.6. The monoisotopic (exact) mass is 273 g/mol. The summed E-state index contributed by atoms with van der Waals surface area (Å²) in [5.41, 5.74) is 1.00. The smallest absolute Gasteiger partial charge is 0.377 e. The molecule has 5 heteroatoms. The Morgan fingerprint density at radius 1 is 1.57 bits per heavy atom. The van der Waals surface area contributed by atoms with Crippen LogP contribution < -0.4 is 9.72 Å². The van der Waals surface area contributed by atoms with Crippen LogP contribution in [0.2, 0.25) is 0 Å². The van der Waals surface area contributed by atoms with Crippen molar-refractivity contribution in [3.05, 3.63) is 28.2 Å². The first-order valence-corrected chi connectivity index (χ1v) is 6.06. The number of hydrogen-bond donors (Lipinski definition) is 1. The van der Waals surface area contributed by atoms with Crippen LogP contribution in [0, 0.1) is 0 Å². The molecule has 0 radical (unpaired) electrons. The molecule has 0 saturated heterocycles. The van der Waals surface area contributed by atoms with Crippen molar-refractivity contribution in [2.24, 2.45) is 0 Å². The van der Waals surface area contributed by atoms with E-state index in [0.717, 1.165) is 15.8 Å². The van der Waals surface area contributed by atoms with Gasteiger partial charge in [-0.2, -0.15) is 0 Å². The van der Waals surface area contributed by atoms with Gasteiger partial charge in [0, 0.05) is 16.1 Å². The number of ether oxygens (including phenoxy) is 1. The lowest BCUT2D eigenvalue weighted by molar-refractivity contribution is 0.405. The predicted octanol–water partition coefficient (Wildman–Crippen LogP) is 1.81. The van der Waals surface area contributed by atoms with E-state index < -0.39 is 9.57 Å². The highest BCUT2D eigenvalue weighted by molar-refractivity contribution is 9.10. The van der Waals surface area contributed by atoms with Crippen molar-refractivity contribution in [3.8, 4) is 5.75 Å². The van der Waals surface area contributed by atoms with Crippen LogP contribution in [0.15, 0.2) is 22.7 Å². The Balaban J connectivity index is 3.02. The van der Waals surface area contributed by atoms with Gasteiger partial charge in [-0.3, -0.25) is 0 Å². The molecule has 0 aliphatic rings. The molecule has 0 unspecified atom stereocenters. The summed E-state index contributed by atoms with van der Waals surface area (Å²) in [4.78, 5) is 2.89. The average molecular weight is 274 g/mol. The summed E-state index contributed by atoms with van der Waals surface area (Å²) >= 11 is 3.39. The minimum Gasteiger partial charge on any atom is -0.496 e. The third-order valence-corrected chi connectivity index (χ3v) is 3.11. The van der Waals surface area contributed by atoms with Gasteiger partial charge in [0.05, 0.1) is 7.11 Å². The molecule has 3 nitrogen and oxygen atoms in total. The fourth-order valence-electron chi connectivity index (χ4n) is 1.24. The van der Waals surface area contributed by atoms with Crippen LogP contribution in [0.5, 0.6) is 5.75 Å². The average Bonchev–Trinajstić information content (AvgIpc) is 2.18. The maximum absolute atomic E-state index is 10.5. The molecule has 0 saturated carbocycles. The summed E-state index contributed by atoms with van der Waals surface area (Å²) in [7, 11) is 0.680. The quantitative estimate of drug-likeness (QED) is 0.851. The Bertz CT molecular complexity index is 333. The largest absolute Gasteiger partial charge is 0.496 e. The predicted molar refractivity (Wildman–Crippen MR) is 60.1 cm³/mol. The Labute approximate surface area is 93.9 Å². The second-order valence-electron chi connectivity index (χ2n) is 2.89. The van der Waals surface area contributed by atoms with E-state index in [-0.39, 0.29) is 6.04 Å². The molecular weight excluding hydrogens is 262 g/mol. The topological polar surface area (TPSA) is 38.3 Å². The molecule has 76 valence electrons. The van der Waals surface area contributed by atoms with Crippen molar-refractivity contribution in [1.82, 2.24) is 4.98 Å². The highest BCUT2D eigenvalue weighted by atomic mass is 79.9. The number of rotatable bonds is 4. The van der Waals surface area contributed by atoms with E-state index >= 15 is 0 Å². The lowest BCUT2D eigenvalue weighted by atomic mass is 10.1. The van der Waals surface area contributed by atoms with Crippen LogP contribution in [-0.2, 0) is 4.46 Å². The van der Waals surface area contributed by atoms with Gasteiger partial charge in [0.1, 0.15) is 5.75 Å². The molecule has 0 bridgehead atoms. The van der Waals surface area contributed by atoms with Crippen molar-refractivity contribution in [3.63, 3.8) is 0 Å². The maximum Gasteiger partial charge on any atom is 0.377 e. The first-order chi connectivity index (χ1) is 6.69. The minimum absolute atomic E-state index is 0.0370. The first-order valence-electron chi connectivity index (χ1n) is 4.22. The van der Waals surface area contributed by atoms with E-state index in [1.54, 1.807) is 7.11 Å². The van der Waals surface area contributed by atoms with Gasteiger partial charge in [-0.25, -0.2) is 0 Å². The van der Waals surface area contributed by atoms with Gasteiger partial charge in [0.2, 0.25) is 0 Å². The second kappa shape index (κ2) is 5.26. The molecule has 0 aliphatic heterocycles. The molecule has 0 fully saturated rings. The minimum atomic E-state index is -0.948. The second-order valence-corrected chi connectivity index (χ2v) is 4.38. The summed E-state index contributed by atoms with van der Waals surface area (Å²) < 4.78 is 16.7. The fourth-order valence-corrected chi connectivity index (χ4v) is 2.00. The molecule has 1 aromatic rings. The molecule has 0 aliphatic carbocycles. The molecule has 1 N–H and O–H groups in total. The number of methoxy groups -OCH3 is 1. The molecule has 1 rings (SSSR count). The van der Waals surface area contributed by atoms with E-state index in [1.165, 1.54) is 0 Å². The molecule has 0 heterocycles. The number of hydrogen-bond acceptors (Lipinski definition) is 2. The van der Waals surface area contributed by atoms with Gasteiger partial charge in [-0.1, -0.05) is 15.9 Å². The third-order valence-electron chi connectivity index (χ3n) is 1.98. The van der Waals surface area contributed by atoms with Gasteiger partial charge >= 0.3 is 9.57 Å². The van der Waals surface area contributed by atoms with Gasteiger partial charge in [0.15, 0.2) is 0 Å². The Morgan fingerprint density at radius 3 is 2.86 bits per heavy atom. The van der Waals surface area contributed by atoms with Crippen molar-refractivity contribution < 1.29 is 9.20 Å². The van der Waals surface area contributed by atoms with E-state index in [9.17, 15) is 4.46 Å². The first kappa shape index (κ1) is 11.4. The fraction of sp³-hybridized carbons (Fsp3) is 0.333. The summed E-state index contributed by atoms with van der Waals surface area (Å²) in [6, 6.07) is 5.80. The van der Waals surface area contributed by atoms with Crippen molar-refractivity contribution >= 4 is 25.5 Å². The molecule has 1 aromatic carbocycles. The van der Waals surface area contributed by atoms with Gasteiger partial charge in [-0.15, -0.1) is 0 Å². The van der Waals surface area contributed by atoms with E-state index in [0.29, 0.717) is 0 Å². The highest BCUT2D eigenvalue weighted by Crippen LogP contribution is 2.27. The van der Waals surface area contributed by atoms with Crippen LogP contribution in [0.1, 0.15) is 18.5 Å². The highest BCUT2D eigenvalue weighted by Gasteiger charge is 2.10. The van der Waals surface area contributed by atoms with Gasteiger partial charge in [0.25, 0.3) is 0 Å². The van der Waals surface area contributed by atoms with E-state index in [1.807, 2.05) is 25.1 Å². The van der Waals surface area contributed by atoms with Crippen molar-refractivity contribution in [2.45, 2.75) is 13.0 Å². The lowest BCUT2D eigenvalue weighted by Crippen LogP contribution is -2.18. The van der Waals surface area contributed by atoms with Crippen molar-refractivity contribution in [2.75, 3.05) is 7.11 Å². The molecule has 0 aromatic heterocycles. The molecule has 0 spiro atoms. The van der Waals surface area contributed by atoms with Crippen LogP contribution in [0.3, 0.4) is 0 Å². The summed E-state index contributed by atoms with van der Waals surface area (Å²) in [5, 5.41) is 0. The molecule has 0 amide bonds. The number of nitrogens with one attached hydrogen (secondary N) is 1. The zero-order valence-electron chi connectivity index (χ0n) is 8.08.